The van der Waals surface area contributed by atoms with Crippen LogP contribution in [0.4, 0.5) is 9.59 Å². The van der Waals surface area contributed by atoms with Crippen LogP contribution in [0.1, 0.15) is 23.2 Å². The molecule has 11 nitrogen and oxygen atoms in total. The number of hydrogen-bond acceptors (Lipinski definition) is 9. The van der Waals surface area contributed by atoms with Gasteiger partial charge in [-0.3, -0.25) is 9.59 Å². The number of carbonyl (C=O) groups is 4. The zero-order chi connectivity index (χ0) is 21.1. The molecule has 2 amide bonds. The van der Waals surface area contributed by atoms with Gasteiger partial charge in [0, 0.05) is 6.54 Å². The van der Waals surface area contributed by atoms with Crippen LogP contribution in [0.25, 0.3) is 0 Å². The molecule has 1 rings (SSSR count). The summed E-state index contributed by atoms with van der Waals surface area (Å²) in [4.78, 5) is 48.5. The molecule has 0 saturated carbocycles. The molecule has 0 aliphatic carbocycles. The first kappa shape index (κ1) is 22.7. The van der Waals surface area contributed by atoms with Gasteiger partial charge in [0.15, 0.2) is 11.5 Å². The van der Waals surface area contributed by atoms with E-state index in [-0.39, 0.29) is 30.2 Å². The van der Waals surface area contributed by atoms with Crippen molar-refractivity contribution >= 4 is 24.1 Å². The van der Waals surface area contributed by atoms with Crippen molar-refractivity contribution in [3.8, 4) is 11.5 Å². The number of para-hydroxylation sites is 1. The van der Waals surface area contributed by atoms with Crippen molar-refractivity contribution in [2.24, 2.45) is 11.5 Å². The van der Waals surface area contributed by atoms with Gasteiger partial charge in [0.05, 0.1) is 26.3 Å². The summed E-state index contributed by atoms with van der Waals surface area (Å²) in [6, 6.07) is 4.03. The number of nitrogens with two attached hydrogens (primary N) is 2. The average Bonchev–Trinajstić information content (AvgIpc) is 2.67. The lowest BCUT2D eigenvalue weighted by atomic mass is 10.1. The van der Waals surface area contributed by atoms with Crippen molar-refractivity contribution in [3.63, 3.8) is 0 Å². The zero-order valence-corrected chi connectivity index (χ0v) is 15.6. The first-order chi connectivity index (χ1) is 13.3. The maximum absolute atomic E-state index is 13.0. The first-order valence-corrected chi connectivity index (χ1v) is 8.26. The number of rotatable bonds is 9. The Kier molecular flexibility index (Phi) is 9.23. The van der Waals surface area contributed by atoms with Crippen LogP contribution in [0.3, 0.4) is 0 Å². The van der Waals surface area contributed by atoms with E-state index in [0.29, 0.717) is 19.4 Å². The minimum atomic E-state index is -1.14. The summed E-state index contributed by atoms with van der Waals surface area (Å²) in [6.45, 7) is 0.250. The molecule has 1 aromatic rings. The molecule has 0 heterocycles. The molecule has 0 aromatic heterocycles. The third kappa shape index (κ3) is 6.76. The van der Waals surface area contributed by atoms with E-state index >= 15 is 0 Å². The molecule has 0 saturated heterocycles. The number of hydrogen-bond donors (Lipinski definition) is 2. The number of nitrogens with zero attached hydrogens (tertiary/aromatic N) is 1. The Bertz CT molecular complexity index is 722. The number of carbonyl (C=O) groups excluding carboxylic acids is 4. The van der Waals surface area contributed by atoms with Crippen molar-refractivity contribution in [2.75, 3.05) is 33.9 Å². The van der Waals surface area contributed by atoms with E-state index in [4.69, 9.17) is 20.9 Å². The second-order valence-electron chi connectivity index (χ2n) is 5.43. The fourth-order valence-corrected chi connectivity index (χ4v) is 2.18. The third-order valence-electron chi connectivity index (χ3n) is 3.44. The Balaban J connectivity index is 3.30. The molecule has 0 radical (unpaired) electrons. The molecule has 0 aliphatic heterocycles. The Morgan fingerprint density at radius 2 is 1.64 bits per heavy atom. The van der Waals surface area contributed by atoms with E-state index in [0.717, 1.165) is 14.2 Å². The van der Waals surface area contributed by atoms with Gasteiger partial charge in [-0.2, -0.15) is 0 Å². The number of unbranched alkanes of at least 4 members (excludes halogenated alkanes) is 1. The van der Waals surface area contributed by atoms with Crippen molar-refractivity contribution in [3.05, 3.63) is 23.8 Å². The van der Waals surface area contributed by atoms with Crippen LogP contribution in [-0.2, 0) is 14.3 Å². The lowest BCUT2D eigenvalue weighted by Crippen LogP contribution is -2.39. The van der Waals surface area contributed by atoms with E-state index in [2.05, 4.69) is 9.47 Å². The number of ether oxygens (including phenoxy) is 4. The van der Waals surface area contributed by atoms with Gasteiger partial charge in [0.1, 0.15) is 0 Å². The molecular formula is C17H23N3O8. The molecular weight excluding hydrogens is 374 g/mol. The number of primary amides is 1. The van der Waals surface area contributed by atoms with Crippen LogP contribution < -0.4 is 20.9 Å². The van der Waals surface area contributed by atoms with Gasteiger partial charge in [0.25, 0.3) is 5.91 Å². The lowest BCUT2D eigenvalue weighted by Gasteiger charge is -2.22. The predicted molar refractivity (Wildman–Crippen MR) is 95.9 cm³/mol. The monoisotopic (exact) mass is 397 g/mol. The molecule has 4 N–H and O–H groups in total. The van der Waals surface area contributed by atoms with Crippen molar-refractivity contribution in [1.29, 1.82) is 0 Å². The molecule has 0 bridgehead atoms. The fraction of sp³-hybridized carbons (Fsp3) is 0.412. The van der Waals surface area contributed by atoms with E-state index in [1.165, 1.54) is 23.1 Å². The minimum Gasteiger partial charge on any atom is -0.437 e. The van der Waals surface area contributed by atoms with Gasteiger partial charge in [-0.15, -0.1) is 0 Å². The van der Waals surface area contributed by atoms with E-state index in [1.807, 2.05) is 0 Å². The van der Waals surface area contributed by atoms with Gasteiger partial charge in [-0.1, -0.05) is 6.07 Å². The van der Waals surface area contributed by atoms with E-state index < -0.39 is 24.1 Å². The summed E-state index contributed by atoms with van der Waals surface area (Å²) >= 11 is 0. The molecule has 0 fully saturated rings. The second-order valence-corrected chi connectivity index (χ2v) is 5.43. The Hall–Kier alpha value is -3.34. The Labute approximate surface area is 161 Å². The maximum Gasteiger partial charge on any atom is 0.513 e. The molecule has 0 atom stereocenters. The number of benzene rings is 1. The second kappa shape index (κ2) is 11.4. The largest absolute Gasteiger partial charge is 0.513 e. The van der Waals surface area contributed by atoms with Crippen LogP contribution in [0.2, 0.25) is 0 Å². The third-order valence-corrected chi connectivity index (χ3v) is 3.44. The molecule has 28 heavy (non-hydrogen) atoms. The van der Waals surface area contributed by atoms with Gasteiger partial charge in [-0.25, -0.2) is 9.59 Å². The zero-order valence-electron chi connectivity index (χ0n) is 15.6. The molecule has 1 aromatic carbocycles. The molecule has 0 aliphatic rings. The van der Waals surface area contributed by atoms with Crippen LogP contribution in [0.5, 0.6) is 11.5 Å². The normalized spacial score (nSPS) is 9.96. The summed E-state index contributed by atoms with van der Waals surface area (Å²) in [7, 11) is 2.16. The topological polar surface area (TPSA) is 160 Å². The molecule has 11 heteroatoms. The standard InChI is InChI=1S/C17H23N3O8/c1-25-16(23)27-12-7-5-6-11(14(12)28-17(24)26-2)15(22)20(10-13(19)21)9-4-3-8-18/h5-7H,3-4,8-10,18H2,1-2H3,(H2,19,21). The summed E-state index contributed by atoms with van der Waals surface area (Å²) in [5.74, 6) is -1.99. The number of methoxy groups -OCH3 is 2. The molecule has 0 unspecified atom stereocenters. The summed E-state index contributed by atoms with van der Waals surface area (Å²) < 4.78 is 18.8. The van der Waals surface area contributed by atoms with Gasteiger partial charge < -0.3 is 35.3 Å². The minimum absolute atomic E-state index is 0.138. The molecule has 154 valence electrons. The smallest absolute Gasteiger partial charge is 0.437 e. The maximum atomic E-state index is 13.0. The van der Waals surface area contributed by atoms with Gasteiger partial charge in [0.2, 0.25) is 5.91 Å². The van der Waals surface area contributed by atoms with Crippen molar-refractivity contribution in [1.82, 2.24) is 4.90 Å². The van der Waals surface area contributed by atoms with Gasteiger partial charge >= 0.3 is 12.3 Å². The Morgan fingerprint density at radius 1 is 1.00 bits per heavy atom. The average molecular weight is 397 g/mol. The quantitative estimate of drug-likeness (QED) is 0.346. The van der Waals surface area contributed by atoms with E-state index in [9.17, 15) is 19.2 Å². The fourth-order valence-electron chi connectivity index (χ4n) is 2.18. The highest BCUT2D eigenvalue weighted by Crippen LogP contribution is 2.33. The first-order valence-electron chi connectivity index (χ1n) is 8.26. The van der Waals surface area contributed by atoms with Crippen molar-refractivity contribution in [2.45, 2.75) is 12.8 Å². The van der Waals surface area contributed by atoms with Crippen LogP contribution in [-0.4, -0.2) is 62.9 Å². The van der Waals surface area contributed by atoms with Crippen LogP contribution >= 0.6 is 0 Å². The Morgan fingerprint density at radius 3 is 2.21 bits per heavy atom. The highest BCUT2D eigenvalue weighted by molar-refractivity contribution is 6.00. The van der Waals surface area contributed by atoms with Gasteiger partial charge in [-0.05, 0) is 31.5 Å². The SMILES string of the molecule is COC(=O)Oc1cccc(C(=O)N(CCCCN)CC(N)=O)c1OC(=O)OC. The summed E-state index contributed by atoms with van der Waals surface area (Å²) in [5.41, 5.74) is 10.5. The van der Waals surface area contributed by atoms with Crippen LogP contribution in [0.15, 0.2) is 18.2 Å². The van der Waals surface area contributed by atoms with Crippen LogP contribution in [0, 0.1) is 0 Å². The summed E-state index contributed by atoms with van der Waals surface area (Å²) in [6.07, 6.45) is -1.07. The molecule has 0 spiro atoms. The predicted octanol–water partition coefficient (Wildman–Crippen LogP) is 0.643. The number of amides is 2. The summed E-state index contributed by atoms with van der Waals surface area (Å²) in [5, 5.41) is 0. The van der Waals surface area contributed by atoms with E-state index in [1.54, 1.807) is 0 Å². The highest BCUT2D eigenvalue weighted by atomic mass is 16.7. The highest BCUT2D eigenvalue weighted by Gasteiger charge is 2.26. The lowest BCUT2D eigenvalue weighted by molar-refractivity contribution is -0.118. The van der Waals surface area contributed by atoms with Crippen molar-refractivity contribution < 1.29 is 38.1 Å².